The van der Waals surface area contributed by atoms with Crippen LogP contribution < -0.4 is 5.32 Å². The van der Waals surface area contributed by atoms with Crippen LogP contribution in [-0.2, 0) is 6.42 Å². The Labute approximate surface area is 129 Å². The van der Waals surface area contributed by atoms with Crippen molar-refractivity contribution in [3.8, 4) is 0 Å². The molecule has 1 aromatic rings. The van der Waals surface area contributed by atoms with Crippen molar-refractivity contribution in [1.82, 2.24) is 10.2 Å². The van der Waals surface area contributed by atoms with Crippen LogP contribution in [0.1, 0.15) is 44.6 Å². The van der Waals surface area contributed by atoms with Gasteiger partial charge in [-0.15, -0.1) is 0 Å². The Morgan fingerprint density at radius 3 is 2.67 bits per heavy atom. The minimum absolute atomic E-state index is 0.714. The van der Waals surface area contributed by atoms with Gasteiger partial charge in [0.2, 0.25) is 0 Å². The number of hydrogen-bond acceptors (Lipinski definition) is 2. The van der Waals surface area contributed by atoms with Crippen LogP contribution in [-0.4, -0.2) is 36.6 Å². The van der Waals surface area contributed by atoms with Gasteiger partial charge in [0.05, 0.1) is 0 Å². The highest BCUT2D eigenvalue weighted by Crippen LogP contribution is 2.28. The highest BCUT2D eigenvalue weighted by atomic mass is 15.2. The maximum atomic E-state index is 3.91. The van der Waals surface area contributed by atoms with Crippen LogP contribution in [0, 0.1) is 5.92 Å². The van der Waals surface area contributed by atoms with Gasteiger partial charge in [-0.2, -0.15) is 0 Å². The molecule has 0 spiro atoms. The third kappa shape index (κ3) is 4.31. The van der Waals surface area contributed by atoms with Gasteiger partial charge in [-0.3, -0.25) is 0 Å². The van der Waals surface area contributed by atoms with Crippen LogP contribution in [0.3, 0.4) is 0 Å². The lowest BCUT2D eigenvalue weighted by Crippen LogP contribution is -2.42. The molecular formula is C19H30N2. The lowest BCUT2D eigenvalue weighted by molar-refractivity contribution is 0.307. The predicted octanol–water partition coefficient (Wildman–Crippen LogP) is 3.47. The van der Waals surface area contributed by atoms with Gasteiger partial charge >= 0.3 is 0 Å². The molecular weight excluding hydrogens is 256 g/mol. The quantitative estimate of drug-likeness (QED) is 0.861. The van der Waals surface area contributed by atoms with Gasteiger partial charge in [0.15, 0.2) is 0 Å². The number of nitrogens with one attached hydrogen (secondary N) is 1. The third-order valence-electron chi connectivity index (χ3n) is 5.44. The highest BCUT2D eigenvalue weighted by Gasteiger charge is 2.27. The van der Waals surface area contributed by atoms with E-state index in [9.17, 15) is 0 Å². The van der Waals surface area contributed by atoms with Gasteiger partial charge in [0.25, 0.3) is 0 Å². The zero-order valence-electron chi connectivity index (χ0n) is 13.4. The Morgan fingerprint density at radius 1 is 1.14 bits per heavy atom. The summed E-state index contributed by atoms with van der Waals surface area (Å²) in [5.74, 6) is 0.934. The van der Waals surface area contributed by atoms with Crippen molar-refractivity contribution >= 4 is 0 Å². The molecule has 1 N–H and O–H groups in total. The lowest BCUT2D eigenvalue weighted by Gasteiger charge is -2.25. The third-order valence-corrected chi connectivity index (χ3v) is 5.44. The van der Waals surface area contributed by atoms with E-state index in [0.717, 1.165) is 12.0 Å². The number of nitrogens with zero attached hydrogens (tertiary/aromatic N) is 1. The maximum absolute atomic E-state index is 3.91. The molecule has 3 rings (SSSR count). The average Bonchev–Trinajstić information content (AvgIpc) is 3.18. The largest absolute Gasteiger partial charge is 0.310 e. The van der Waals surface area contributed by atoms with E-state index in [1.807, 2.05) is 0 Å². The molecule has 0 bridgehead atoms. The van der Waals surface area contributed by atoms with Crippen molar-refractivity contribution in [3.63, 3.8) is 0 Å². The summed E-state index contributed by atoms with van der Waals surface area (Å²) in [6.45, 7) is 6.12. The Balaban J connectivity index is 1.38. The first kappa shape index (κ1) is 15.1. The van der Waals surface area contributed by atoms with Crippen molar-refractivity contribution in [2.45, 2.75) is 57.5 Å². The van der Waals surface area contributed by atoms with Crippen molar-refractivity contribution in [2.75, 3.05) is 19.6 Å². The van der Waals surface area contributed by atoms with Crippen LogP contribution in [0.25, 0.3) is 0 Å². The first-order valence-corrected chi connectivity index (χ1v) is 8.83. The van der Waals surface area contributed by atoms with Gasteiger partial charge in [-0.05, 0) is 50.6 Å². The molecule has 1 heterocycles. The van der Waals surface area contributed by atoms with Crippen LogP contribution in [0.5, 0.6) is 0 Å². The SMILES string of the molecule is C[C@H](NC1CCN(CCc2ccccc2)C1)C1CCCC1. The molecule has 1 unspecified atom stereocenters. The van der Waals surface area contributed by atoms with Gasteiger partial charge in [0.1, 0.15) is 0 Å². The van der Waals surface area contributed by atoms with E-state index in [4.69, 9.17) is 0 Å². The van der Waals surface area contributed by atoms with Crippen molar-refractivity contribution in [1.29, 1.82) is 0 Å². The summed E-state index contributed by atoms with van der Waals surface area (Å²) in [6.07, 6.45) is 8.30. The zero-order valence-corrected chi connectivity index (χ0v) is 13.4. The summed E-state index contributed by atoms with van der Waals surface area (Å²) < 4.78 is 0. The fraction of sp³-hybridized carbons (Fsp3) is 0.684. The fourth-order valence-corrected chi connectivity index (χ4v) is 4.07. The molecule has 1 aliphatic heterocycles. The molecule has 1 saturated heterocycles. The molecule has 116 valence electrons. The highest BCUT2D eigenvalue weighted by molar-refractivity contribution is 5.14. The molecule has 1 aliphatic carbocycles. The van der Waals surface area contributed by atoms with Crippen molar-refractivity contribution in [3.05, 3.63) is 35.9 Å². The molecule has 0 aromatic heterocycles. The maximum Gasteiger partial charge on any atom is 0.0209 e. The Hall–Kier alpha value is -0.860. The van der Waals surface area contributed by atoms with Crippen molar-refractivity contribution < 1.29 is 0 Å². The van der Waals surface area contributed by atoms with E-state index >= 15 is 0 Å². The second kappa shape index (κ2) is 7.42. The molecule has 2 heteroatoms. The summed E-state index contributed by atoms with van der Waals surface area (Å²) in [7, 11) is 0. The second-order valence-corrected chi connectivity index (χ2v) is 7.02. The molecule has 2 nitrogen and oxygen atoms in total. The minimum Gasteiger partial charge on any atom is -0.310 e. The molecule has 21 heavy (non-hydrogen) atoms. The summed E-state index contributed by atoms with van der Waals surface area (Å²) in [4.78, 5) is 2.63. The molecule has 1 aromatic carbocycles. The number of rotatable bonds is 6. The summed E-state index contributed by atoms with van der Waals surface area (Å²) in [5, 5.41) is 3.91. The summed E-state index contributed by atoms with van der Waals surface area (Å²) >= 11 is 0. The van der Waals surface area contributed by atoms with E-state index in [0.29, 0.717) is 6.04 Å². The molecule has 0 amide bonds. The van der Waals surface area contributed by atoms with Crippen molar-refractivity contribution in [2.24, 2.45) is 5.92 Å². The summed E-state index contributed by atoms with van der Waals surface area (Å²) in [5.41, 5.74) is 1.47. The second-order valence-electron chi connectivity index (χ2n) is 7.02. The van der Waals surface area contributed by atoms with Crippen LogP contribution >= 0.6 is 0 Å². The Morgan fingerprint density at radius 2 is 1.90 bits per heavy atom. The van der Waals surface area contributed by atoms with Gasteiger partial charge in [-0.25, -0.2) is 0 Å². The topological polar surface area (TPSA) is 15.3 Å². The average molecular weight is 286 g/mol. The lowest BCUT2D eigenvalue weighted by atomic mass is 9.99. The van der Waals surface area contributed by atoms with E-state index in [-0.39, 0.29) is 0 Å². The first-order chi connectivity index (χ1) is 10.3. The number of likely N-dealkylation sites (tertiary alicyclic amines) is 1. The summed E-state index contributed by atoms with van der Waals surface area (Å²) in [6, 6.07) is 12.3. The zero-order chi connectivity index (χ0) is 14.5. The molecule has 0 radical (unpaired) electrons. The fourth-order valence-electron chi connectivity index (χ4n) is 4.07. The molecule has 1 saturated carbocycles. The predicted molar refractivity (Wildman–Crippen MR) is 89.5 cm³/mol. The normalized spacial score (nSPS) is 25.5. The number of benzene rings is 1. The monoisotopic (exact) mass is 286 g/mol. The smallest absolute Gasteiger partial charge is 0.0209 e. The molecule has 2 fully saturated rings. The van der Waals surface area contributed by atoms with Crippen LogP contribution in [0.2, 0.25) is 0 Å². The van der Waals surface area contributed by atoms with Gasteiger partial charge in [0, 0.05) is 25.2 Å². The van der Waals surface area contributed by atoms with E-state index in [2.05, 4.69) is 47.5 Å². The minimum atomic E-state index is 0.714. The van der Waals surface area contributed by atoms with Gasteiger partial charge in [-0.1, -0.05) is 43.2 Å². The van der Waals surface area contributed by atoms with Gasteiger partial charge < -0.3 is 10.2 Å². The van der Waals surface area contributed by atoms with Crippen LogP contribution in [0.15, 0.2) is 30.3 Å². The van der Waals surface area contributed by atoms with E-state index < -0.39 is 0 Å². The molecule has 2 atom stereocenters. The van der Waals surface area contributed by atoms with E-state index in [1.54, 1.807) is 0 Å². The standard InChI is InChI=1S/C19H30N2/c1-16(18-9-5-6-10-18)20-19-12-14-21(15-19)13-11-17-7-3-2-4-8-17/h2-4,7-8,16,18-20H,5-6,9-15H2,1H3/t16-,19?/m0/s1. The van der Waals surface area contributed by atoms with E-state index in [1.165, 1.54) is 63.7 Å². The Bertz CT molecular complexity index is 411. The first-order valence-electron chi connectivity index (χ1n) is 8.83. The number of hydrogen-bond donors (Lipinski definition) is 1. The Kier molecular flexibility index (Phi) is 5.32. The molecule has 2 aliphatic rings. The van der Waals surface area contributed by atoms with Crippen LogP contribution in [0.4, 0.5) is 0 Å².